The van der Waals surface area contributed by atoms with Crippen molar-refractivity contribution in [3.63, 3.8) is 0 Å². The highest BCUT2D eigenvalue weighted by Gasteiger charge is 2.52. The topological polar surface area (TPSA) is 95.9 Å². The van der Waals surface area contributed by atoms with Gasteiger partial charge in [0, 0.05) is 5.75 Å². The molecule has 176 valence electrons. The third-order valence-corrected chi connectivity index (χ3v) is 7.81. The van der Waals surface area contributed by atoms with Gasteiger partial charge in [-0.1, -0.05) is 30.3 Å². The van der Waals surface area contributed by atoms with Gasteiger partial charge in [0.25, 0.3) is 0 Å². The number of ether oxygens (including phenoxy) is 1. The van der Waals surface area contributed by atoms with Crippen LogP contribution in [0, 0.1) is 0 Å². The standard InChI is InChI=1S/C24H34N2O5S/c1-3-31-23(30)19(11-10-18-8-5-4-6-9-18)25-17(2)21(27)26-20(22(28)29)12-14-24(26)13-7-15-32-16-24/h4-6,8-9,17,19-20,25H,3,7,10-16H2,1-2H3,(H,28,29)/t17-,19?,20?,24?/m0/s1. The third kappa shape index (κ3) is 5.64. The molecule has 32 heavy (non-hydrogen) atoms. The Labute approximate surface area is 194 Å². The van der Waals surface area contributed by atoms with E-state index in [4.69, 9.17) is 4.74 Å². The van der Waals surface area contributed by atoms with Gasteiger partial charge in [-0.3, -0.25) is 14.9 Å². The van der Waals surface area contributed by atoms with E-state index in [9.17, 15) is 19.5 Å². The number of carboxylic acid groups (broad SMARTS) is 1. The Balaban J connectivity index is 1.74. The van der Waals surface area contributed by atoms with Crippen LogP contribution in [-0.2, 0) is 25.5 Å². The van der Waals surface area contributed by atoms with Crippen LogP contribution in [0.1, 0.15) is 51.5 Å². The van der Waals surface area contributed by atoms with Gasteiger partial charge in [-0.25, -0.2) is 4.79 Å². The molecule has 0 aromatic heterocycles. The van der Waals surface area contributed by atoms with Gasteiger partial charge in [0.1, 0.15) is 12.1 Å². The minimum absolute atomic E-state index is 0.244. The van der Waals surface area contributed by atoms with Crippen molar-refractivity contribution in [2.75, 3.05) is 18.1 Å². The fourth-order valence-corrected chi connectivity index (χ4v) is 6.18. The smallest absolute Gasteiger partial charge is 0.326 e. The molecule has 8 heteroatoms. The Hall–Kier alpha value is -2.06. The maximum Gasteiger partial charge on any atom is 0.326 e. The summed E-state index contributed by atoms with van der Waals surface area (Å²) < 4.78 is 5.24. The van der Waals surface area contributed by atoms with Crippen LogP contribution in [0.25, 0.3) is 0 Å². The highest BCUT2D eigenvalue weighted by atomic mass is 32.2. The number of aliphatic carboxylic acids is 1. The lowest BCUT2D eigenvalue weighted by molar-refractivity contribution is -0.154. The van der Waals surface area contributed by atoms with E-state index >= 15 is 0 Å². The van der Waals surface area contributed by atoms with Crippen LogP contribution in [0.5, 0.6) is 0 Å². The molecule has 1 aromatic carbocycles. The number of hydrogen-bond acceptors (Lipinski definition) is 6. The molecule has 0 bridgehead atoms. The predicted molar refractivity (Wildman–Crippen MR) is 125 cm³/mol. The Morgan fingerprint density at radius 3 is 2.66 bits per heavy atom. The van der Waals surface area contributed by atoms with Crippen LogP contribution in [0.15, 0.2) is 30.3 Å². The summed E-state index contributed by atoms with van der Waals surface area (Å²) in [4.78, 5) is 39.7. The van der Waals surface area contributed by atoms with Crippen LogP contribution in [0.4, 0.5) is 0 Å². The van der Waals surface area contributed by atoms with Crippen molar-refractivity contribution >= 4 is 29.6 Å². The van der Waals surface area contributed by atoms with Crippen molar-refractivity contribution in [2.24, 2.45) is 0 Å². The number of thioether (sulfide) groups is 1. The number of nitrogens with one attached hydrogen (secondary N) is 1. The lowest BCUT2D eigenvalue weighted by atomic mass is 9.92. The Morgan fingerprint density at radius 1 is 1.28 bits per heavy atom. The van der Waals surface area contributed by atoms with Crippen molar-refractivity contribution < 1.29 is 24.2 Å². The molecule has 2 aliphatic heterocycles. The average Bonchev–Trinajstić information content (AvgIpc) is 3.15. The molecule has 3 rings (SSSR count). The Bertz CT molecular complexity index is 797. The molecule has 1 amide bonds. The summed E-state index contributed by atoms with van der Waals surface area (Å²) in [7, 11) is 0. The number of carboxylic acids is 1. The van der Waals surface area contributed by atoms with Crippen LogP contribution in [-0.4, -0.2) is 69.6 Å². The van der Waals surface area contributed by atoms with Gasteiger partial charge in [-0.15, -0.1) is 0 Å². The fraction of sp³-hybridized carbons (Fsp3) is 0.625. The largest absolute Gasteiger partial charge is 0.480 e. The average molecular weight is 463 g/mol. The second-order valence-electron chi connectivity index (χ2n) is 8.70. The highest BCUT2D eigenvalue weighted by molar-refractivity contribution is 7.99. The second-order valence-corrected chi connectivity index (χ2v) is 9.80. The molecule has 0 saturated carbocycles. The van der Waals surface area contributed by atoms with Crippen molar-refractivity contribution in [1.29, 1.82) is 0 Å². The molecule has 0 radical (unpaired) electrons. The SMILES string of the molecule is CCOC(=O)C(CCc1ccccc1)N[C@@H](C)C(=O)N1C(C(=O)O)CCC12CCCSC2. The number of likely N-dealkylation sites (tertiary alicyclic amines) is 1. The van der Waals surface area contributed by atoms with E-state index in [1.807, 2.05) is 30.3 Å². The third-order valence-electron chi connectivity index (χ3n) is 6.49. The van der Waals surface area contributed by atoms with Gasteiger partial charge in [0.15, 0.2) is 0 Å². The van der Waals surface area contributed by atoms with Gasteiger partial charge in [0.2, 0.25) is 5.91 Å². The number of carbonyl (C=O) groups excluding carboxylic acids is 2. The summed E-state index contributed by atoms with van der Waals surface area (Å²) in [6, 6.07) is 7.72. The van der Waals surface area contributed by atoms with E-state index in [0.717, 1.165) is 29.9 Å². The van der Waals surface area contributed by atoms with Crippen molar-refractivity contribution in [3.05, 3.63) is 35.9 Å². The van der Waals surface area contributed by atoms with E-state index in [-0.39, 0.29) is 18.5 Å². The molecule has 2 heterocycles. The number of carbonyl (C=O) groups is 3. The van der Waals surface area contributed by atoms with Crippen molar-refractivity contribution in [2.45, 2.75) is 76.0 Å². The van der Waals surface area contributed by atoms with E-state index in [1.54, 1.807) is 30.5 Å². The first kappa shape index (κ1) is 24.6. The minimum Gasteiger partial charge on any atom is -0.480 e. The summed E-state index contributed by atoms with van der Waals surface area (Å²) >= 11 is 1.79. The molecule has 0 aliphatic carbocycles. The van der Waals surface area contributed by atoms with Crippen LogP contribution in [0.3, 0.4) is 0 Å². The van der Waals surface area contributed by atoms with Gasteiger partial charge in [-0.2, -0.15) is 11.8 Å². The zero-order valence-corrected chi connectivity index (χ0v) is 19.7. The molecular weight excluding hydrogens is 428 g/mol. The summed E-state index contributed by atoms with van der Waals surface area (Å²) in [6.07, 6.45) is 4.15. The predicted octanol–water partition coefficient (Wildman–Crippen LogP) is 2.87. The molecule has 2 N–H and O–H groups in total. The van der Waals surface area contributed by atoms with Gasteiger partial charge < -0.3 is 14.7 Å². The number of hydrogen-bond donors (Lipinski definition) is 2. The van der Waals surface area contributed by atoms with E-state index in [1.165, 1.54) is 0 Å². The van der Waals surface area contributed by atoms with Crippen LogP contribution >= 0.6 is 11.8 Å². The fourth-order valence-electron chi connectivity index (χ4n) is 4.88. The zero-order chi connectivity index (χ0) is 23.1. The van der Waals surface area contributed by atoms with Gasteiger partial charge in [0.05, 0.1) is 18.2 Å². The number of rotatable bonds is 9. The van der Waals surface area contributed by atoms with E-state index in [2.05, 4.69) is 5.32 Å². The maximum absolute atomic E-state index is 13.6. The lowest BCUT2D eigenvalue weighted by Crippen LogP contribution is -2.60. The Morgan fingerprint density at radius 2 is 2.03 bits per heavy atom. The van der Waals surface area contributed by atoms with Gasteiger partial charge in [-0.05, 0) is 63.7 Å². The molecule has 1 aromatic rings. The number of esters is 1. The molecule has 2 aliphatic rings. The van der Waals surface area contributed by atoms with Crippen molar-refractivity contribution in [3.8, 4) is 0 Å². The quantitative estimate of drug-likeness (QED) is 0.545. The molecular formula is C24H34N2O5S. The Kier molecular flexibility index (Phi) is 8.59. The van der Waals surface area contributed by atoms with E-state index < -0.39 is 29.6 Å². The first-order valence-corrected chi connectivity index (χ1v) is 12.6. The first-order chi connectivity index (χ1) is 15.4. The molecule has 7 nitrogen and oxygen atoms in total. The highest BCUT2D eigenvalue weighted by Crippen LogP contribution is 2.43. The molecule has 4 atom stereocenters. The molecule has 2 fully saturated rings. The summed E-state index contributed by atoms with van der Waals surface area (Å²) in [5.74, 6) is 0.224. The molecule has 3 unspecified atom stereocenters. The summed E-state index contributed by atoms with van der Waals surface area (Å²) in [6.45, 7) is 3.74. The molecule has 2 saturated heterocycles. The number of aryl methyl sites for hydroxylation is 1. The van der Waals surface area contributed by atoms with Gasteiger partial charge >= 0.3 is 11.9 Å². The zero-order valence-electron chi connectivity index (χ0n) is 18.9. The number of nitrogens with zero attached hydrogens (tertiary/aromatic N) is 1. The monoisotopic (exact) mass is 462 g/mol. The van der Waals surface area contributed by atoms with Crippen LogP contribution < -0.4 is 5.32 Å². The lowest BCUT2D eigenvalue weighted by Gasteiger charge is -2.44. The summed E-state index contributed by atoms with van der Waals surface area (Å²) in [5.41, 5.74) is 0.703. The second kappa shape index (κ2) is 11.2. The van der Waals surface area contributed by atoms with Crippen LogP contribution in [0.2, 0.25) is 0 Å². The van der Waals surface area contributed by atoms with E-state index in [0.29, 0.717) is 25.7 Å². The number of amides is 1. The summed E-state index contributed by atoms with van der Waals surface area (Å²) in [5, 5.41) is 12.9. The first-order valence-electron chi connectivity index (χ1n) is 11.5. The maximum atomic E-state index is 13.6. The number of benzene rings is 1. The van der Waals surface area contributed by atoms with Crippen molar-refractivity contribution in [1.82, 2.24) is 10.2 Å². The minimum atomic E-state index is -0.955. The molecule has 1 spiro atoms. The normalized spacial score (nSPS) is 24.8.